The Hall–Kier alpha value is -3.24. The smallest absolute Gasteiger partial charge is 0.256 e. The first kappa shape index (κ1) is 22.0. The first-order valence-electron chi connectivity index (χ1n) is 10.3. The van der Waals surface area contributed by atoms with E-state index in [1.807, 2.05) is 37.3 Å². The lowest BCUT2D eigenvalue weighted by molar-refractivity contribution is 0.0552. The minimum absolute atomic E-state index is 0.0867. The van der Waals surface area contributed by atoms with Gasteiger partial charge in [0.1, 0.15) is 0 Å². The zero-order chi connectivity index (χ0) is 22.7. The standard InChI is InChI=1S/C22H25N5O4S/c1-16(21-23-20(24-31-21)17-8-4-3-5-9-17)26-12-14-27(15-13-26)22(28)18-10-6-7-11-19(18)25-32(2,29)30/h3-11,16,25H,12-15H2,1-2H3. The summed E-state index contributed by atoms with van der Waals surface area (Å²) in [6, 6.07) is 16.2. The van der Waals surface area contributed by atoms with Crippen molar-refractivity contribution in [3.8, 4) is 11.4 Å². The molecule has 1 fully saturated rings. The van der Waals surface area contributed by atoms with Crippen molar-refractivity contribution >= 4 is 21.6 Å². The average Bonchev–Trinajstić information content (AvgIpc) is 3.28. The lowest BCUT2D eigenvalue weighted by Gasteiger charge is -2.37. The number of anilines is 1. The number of amides is 1. The minimum Gasteiger partial charge on any atom is -0.337 e. The third kappa shape index (κ3) is 4.97. The van der Waals surface area contributed by atoms with Gasteiger partial charge in [-0.15, -0.1) is 0 Å². The summed E-state index contributed by atoms with van der Waals surface area (Å²) in [6.07, 6.45) is 1.06. The summed E-state index contributed by atoms with van der Waals surface area (Å²) in [4.78, 5) is 21.5. The van der Waals surface area contributed by atoms with Crippen LogP contribution >= 0.6 is 0 Å². The number of nitrogens with zero attached hydrogens (tertiary/aromatic N) is 4. The molecule has 0 radical (unpaired) electrons. The maximum atomic E-state index is 13.0. The second kappa shape index (κ2) is 9.09. The Bertz CT molecular complexity index is 1190. The Morgan fingerprint density at radius 2 is 1.69 bits per heavy atom. The second-order valence-electron chi connectivity index (χ2n) is 7.75. The van der Waals surface area contributed by atoms with Crippen LogP contribution in [0.5, 0.6) is 0 Å². The number of aromatic nitrogens is 2. The van der Waals surface area contributed by atoms with Crippen LogP contribution in [0.1, 0.15) is 29.2 Å². The number of para-hydroxylation sites is 1. The minimum atomic E-state index is -3.48. The van der Waals surface area contributed by atoms with Crippen LogP contribution in [0.2, 0.25) is 0 Å². The average molecular weight is 456 g/mol. The molecule has 10 heteroatoms. The normalized spacial score (nSPS) is 16.0. The maximum Gasteiger partial charge on any atom is 0.256 e. The molecule has 0 bridgehead atoms. The summed E-state index contributed by atoms with van der Waals surface area (Å²) in [6.45, 7) is 4.30. The highest BCUT2D eigenvalue weighted by Gasteiger charge is 2.29. The van der Waals surface area contributed by atoms with Gasteiger partial charge >= 0.3 is 0 Å². The van der Waals surface area contributed by atoms with E-state index in [0.29, 0.717) is 43.5 Å². The van der Waals surface area contributed by atoms with Crippen molar-refractivity contribution in [1.82, 2.24) is 19.9 Å². The summed E-state index contributed by atoms with van der Waals surface area (Å²) in [5.74, 6) is 0.885. The topological polar surface area (TPSA) is 109 Å². The Kier molecular flexibility index (Phi) is 6.24. The molecule has 1 aliphatic heterocycles. The van der Waals surface area contributed by atoms with Gasteiger partial charge < -0.3 is 9.42 Å². The summed E-state index contributed by atoms with van der Waals surface area (Å²) in [7, 11) is -3.48. The van der Waals surface area contributed by atoms with Gasteiger partial charge in [0, 0.05) is 31.7 Å². The molecular formula is C22H25N5O4S. The fourth-order valence-electron chi connectivity index (χ4n) is 3.71. The quantitative estimate of drug-likeness (QED) is 0.609. The number of nitrogens with one attached hydrogen (secondary N) is 1. The monoisotopic (exact) mass is 455 g/mol. The Morgan fingerprint density at radius 1 is 1.03 bits per heavy atom. The molecular weight excluding hydrogens is 430 g/mol. The molecule has 4 rings (SSSR count). The van der Waals surface area contributed by atoms with Crippen molar-refractivity contribution in [1.29, 1.82) is 0 Å². The number of hydrogen-bond donors (Lipinski definition) is 1. The fraction of sp³-hybridized carbons (Fsp3) is 0.318. The van der Waals surface area contributed by atoms with Crippen molar-refractivity contribution < 1.29 is 17.7 Å². The molecule has 32 heavy (non-hydrogen) atoms. The Labute approximate surface area is 187 Å². The largest absolute Gasteiger partial charge is 0.337 e. The maximum absolute atomic E-state index is 13.0. The molecule has 1 atom stereocenters. The van der Waals surface area contributed by atoms with Crippen LogP contribution in [-0.2, 0) is 10.0 Å². The van der Waals surface area contributed by atoms with Crippen LogP contribution in [-0.4, -0.2) is 66.7 Å². The molecule has 1 N–H and O–H groups in total. The van der Waals surface area contributed by atoms with Gasteiger partial charge in [-0.05, 0) is 19.1 Å². The first-order chi connectivity index (χ1) is 15.3. The molecule has 1 unspecified atom stereocenters. The highest BCUT2D eigenvalue weighted by Crippen LogP contribution is 2.25. The summed E-state index contributed by atoms with van der Waals surface area (Å²) < 4.78 is 31.2. The number of hydrogen-bond acceptors (Lipinski definition) is 7. The number of sulfonamides is 1. The third-order valence-corrected chi connectivity index (χ3v) is 6.02. The van der Waals surface area contributed by atoms with Crippen molar-refractivity contribution in [2.75, 3.05) is 37.2 Å². The molecule has 9 nitrogen and oxygen atoms in total. The van der Waals surface area contributed by atoms with E-state index in [-0.39, 0.29) is 17.6 Å². The van der Waals surface area contributed by atoms with Gasteiger partial charge in [0.05, 0.1) is 23.5 Å². The molecule has 1 aromatic heterocycles. The predicted molar refractivity (Wildman–Crippen MR) is 121 cm³/mol. The molecule has 1 aliphatic rings. The predicted octanol–water partition coefficient (Wildman–Crippen LogP) is 2.63. The van der Waals surface area contributed by atoms with Crippen LogP contribution in [0, 0.1) is 0 Å². The van der Waals surface area contributed by atoms with Gasteiger partial charge in [0.15, 0.2) is 0 Å². The van der Waals surface area contributed by atoms with E-state index in [0.717, 1.165) is 11.8 Å². The molecule has 1 saturated heterocycles. The van der Waals surface area contributed by atoms with Crippen molar-refractivity contribution in [3.63, 3.8) is 0 Å². The van der Waals surface area contributed by atoms with Gasteiger partial charge in [-0.25, -0.2) is 8.42 Å². The molecule has 2 heterocycles. The fourth-order valence-corrected chi connectivity index (χ4v) is 4.28. The van der Waals surface area contributed by atoms with E-state index >= 15 is 0 Å². The van der Waals surface area contributed by atoms with E-state index in [1.54, 1.807) is 29.2 Å². The molecule has 0 spiro atoms. The SMILES string of the molecule is CC(c1nc(-c2ccccc2)no1)N1CCN(C(=O)c2ccccc2NS(C)(=O)=O)CC1. The molecule has 2 aromatic carbocycles. The summed E-state index contributed by atoms with van der Waals surface area (Å²) in [5.41, 5.74) is 1.52. The summed E-state index contributed by atoms with van der Waals surface area (Å²) in [5, 5.41) is 4.09. The molecule has 168 valence electrons. The number of carbonyl (C=O) groups is 1. The van der Waals surface area contributed by atoms with E-state index in [1.165, 1.54) is 0 Å². The van der Waals surface area contributed by atoms with E-state index in [4.69, 9.17) is 4.52 Å². The lowest BCUT2D eigenvalue weighted by Crippen LogP contribution is -2.49. The molecule has 0 saturated carbocycles. The van der Waals surface area contributed by atoms with Gasteiger partial charge in [0.2, 0.25) is 21.7 Å². The van der Waals surface area contributed by atoms with E-state index < -0.39 is 10.0 Å². The van der Waals surface area contributed by atoms with Crippen LogP contribution in [0.4, 0.5) is 5.69 Å². The Balaban J connectivity index is 1.40. The van der Waals surface area contributed by atoms with E-state index in [2.05, 4.69) is 19.8 Å². The lowest BCUT2D eigenvalue weighted by atomic mass is 10.1. The molecule has 0 aliphatic carbocycles. The van der Waals surface area contributed by atoms with Crippen LogP contribution < -0.4 is 4.72 Å². The summed E-state index contributed by atoms with van der Waals surface area (Å²) >= 11 is 0. The highest BCUT2D eigenvalue weighted by molar-refractivity contribution is 7.92. The first-order valence-corrected chi connectivity index (χ1v) is 12.2. The zero-order valence-corrected chi connectivity index (χ0v) is 18.7. The number of benzene rings is 2. The zero-order valence-electron chi connectivity index (χ0n) is 17.9. The van der Waals surface area contributed by atoms with Crippen molar-refractivity contribution in [3.05, 3.63) is 66.1 Å². The number of rotatable bonds is 6. The number of carbonyl (C=O) groups excluding carboxylic acids is 1. The van der Waals surface area contributed by atoms with Gasteiger partial charge in [-0.1, -0.05) is 47.6 Å². The Morgan fingerprint density at radius 3 is 2.38 bits per heavy atom. The third-order valence-electron chi connectivity index (χ3n) is 5.43. The van der Waals surface area contributed by atoms with Crippen LogP contribution in [0.25, 0.3) is 11.4 Å². The van der Waals surface area contributed by atoms with Gasteiger partial charge in [0.25, 0.3) is 5.91 Å². The number of piperazine rings is 1. The van der Waals surface area contributed by atoms with Gasteiger partial charge in [-0.3, -0.25) is 14.4 Å². The molecule has 3 aromatic rings. The second-order valence-corrected chi connectivity index (χ2v) is 9.49. The van der Waals surface area contributed by atoms with Crippen LogP contribution in [0.3, 0.4) is 0 Å². The van der Waals surface area contributed by atoms with Crippen molar-refractivity contribution in [2.45, 2.75) is 13.0 Å². The van der Waals surface area contributed by atoms with Gasteiger partial charge in [-0.2, -0.15) is 4.98 Å². The highest BCUT2D eigenvalue weighted by atomic mass is 32.2. The molecule has 1 amide bonds. The van der Waals surface area contributed by atoms with Crippen molar-refractivity contribution in [2.24, 2.45) is 0 Å². The van der Waals surface area contributed by atoms with Crippen LogP contribution in [0.15, 0.2) is 59.1 Å². The van der Waals surface area contributed by atoms with E-state index in [9.17, 15) is 13.2 Å².